The minimum absolute atomic E-state index is 0.826. The number of hydrogen-bond acceptors (Lipinski definition) is 3. The lowest BCUT2D eigenvalue weighted by Gasteiger charge is -2.20. The van der Waals surface area contributed by atoms with Gasteiger partial charge in [-0.1, -0.05) is 18.2 Å². The van der Waals surface area contributed by atoms with E-state index in [1.54, 1.807) is 0 Å². The van der Waals surface area contributed by atoms with E-state index in [2.05, 4.69) is 27.8 Å². The topological polar surface area (TPSA) is 37.0 Å². The van der Waals surface area contributed by atoms with E-state index < -0.39 is 0 Å². The van der Waals surface area contributed by atoms with Crippen molar-refractivity contribution in [3.8, 4) is 0 Å². The summed E-state index contributed by atoms with van der Waals surface area (Å²) in [4.78, 5) is 4.40. The molecule has 0 radical (unpaired) electrons. The van der Waals surface area contributed by atoms with Gasteiger partial charge in [-0.3, -0.25) is 10.3 Å². The predicted molar refractivity (Wildman–Crippen MR) is 57.1 cm³/mol. The van der Waals surface area contributed by atoms with Crippen molar-refractivity contribution in [1.82, 2.24) is 10.3 Å². The Hall–Kier alpha value is -1.61. The number of rotatable bonds is 0. The maximum atomic E-state index is 4.40. The molecule has 0 atom stereocenters. The highest BCUT2D eigenvalue weighted by molar-refractivity contribution is 5.86. The Bertz CT molecular complexity index is 479. The minimum Gasteiger partial charge on any atom is -0.371 e. The van der Waals surface area contributed by atoms with E-state index in [-0.39, 0.29) is 0 Å². The van der Waals surface area contributed by atoms with Gasteiger partial charge in [0.2, 0.25) is 0 Å². The second kappa shape index (κ2) is 2.96. The molecule has 0 amide bonds. The van der Waals surface area contributed by atoms with Crippen molar-refractivity contribution in [2.45, 2.75) is 6.54 Å². The zero-order chi connectivity index (χ0) is 9.38. The number of fused-ring (bicyclic) bond motifs is 3. The second-order valence-corrected chi connectivity index (χ2v) is 3.45. The SMILES string of the molecule is c1ccc2c3c(cnc2c1)NCNC3. The molecule has 3 nitrogen and oxygen atoms in total. The molecule has 2 heterocycles. The molecule has 14 heavy (non-hydrogen) atoms. The molecule has 2 N–H and O–H groups in total. The van der Waals surface area contributed by atoms with Crippen LogP contribution in [-0.2, 0) is 6.54 Å². The van der Waals surface area contributed by atoms with Crippen molar-refractivity contribution in [2.75, 3.05) is 12.0 Å². The van der Waals surface area contributed by atoms with Gasteiger partial charge in [-0.2, -0.15) is 0 Å². The van der Waals surface area contributed by atoms with Crippen LogP contribution in [0.3, 0.4) is 0 Å². The Morgan fingerprint density at radius 3 is 3.14 bits per heavy atom. The molecule has 1 aromatic heterocycles. The molecule has 0 saturated carbocycles. The van der Waals surface area contributed by atoms with Crippen molar-refractivity contribution < 1.29 is 0 Å². The lowest BCUT2D eigenvalue weighted by Crippen LogP contribution is -2.27. The number of anilines is 1. The first kappa shape index (κ1) is 7.76. The first-order valence-electron chi connectivity index (χ1n) is 4.76. The van der Waals surface area contributed by atoms with Crippen LogP contribution in [0.2, 0.25) is 0 Å². The minimum atomic E-state index is 0.826. The average molecular weight is 185 g/mol. The molecule has 2 aromatic rings. The normalized spacial score (nSPS) is 14.9. The quantitative estimate of drug-likeness (QED) is 0.656. The summed E-state index contributed by atoms with van der Waals surface area (Å²) in [7, 11) is 0. The monoisotopic (exact) mass is 185 g/mol. The molecule has 1 aromatic carbocycles. The lowest BCUT2D eigenvalue weighted by atomic mass is 10.1. The number of aromatic nitrogens is 1. The van der Waals surface area contributed by atoms with Gasteiger partial charge in [0.1, 0.15) is 0 Å². The van der Waals surface area contributed by atoms with Gasteiger partial charge in [-0.05, 0) is 6.07 Å². The Morgan fingerprint density at radius 2 is 2.14 bits per heavy atom. The summed E-state index contributed by atoms with van der Waals surface area (Å²) in [6.45, 7) is 1.75. The van der Waals surface area contributed by atoms with E-state index in [4.69, 9.17) is 0 Å². The molecule has 0 spiro atoms. The molecule has 1 aliphatic heterocycles. The molecule has 3 heteroatoms. The van der Waals surface area contributed by atoms with Crippen LogP contribution in [0, 0.1) is 0 Å². The molecular formula is C11H11N3. The smallest absolute Gasteiger partial charge is 0.0706 e. The third kappa shape index (κ3) is 1.06. The van der Waals surface area contributed by atoms with Gasteiger partial charge in [0, 0.05) is 17.5 Å². The summed E-state index contributed by atoms with van der Waals surface area (Å²) in [6.07, 6.45) is 1.92. The summed E-state index contributed by atoms with van der Waals surface area (Å²) < 4.78 is 0. The zero-order valence-corrected chi connectivity index (χ0v) is 7.75. The molecule has 0 unspecified atom stereocenters. The zero-order valence-electron chi connectivity index (χ0n) is 7.75. The van der Waals surface area contributed by atoms with Crippen LogP contribution in [0.1, 0.15) is 5.56 Å². The Labute approximate surface area is 82.2 Å². The first-order chi connectivity index (χ1) is 6.95. The van der Waals surface area contributed by atoms with Gasteiger partial charge < -0.3 is 5.32 Å². The number of benzene rings is 1. The van der Waals surface area contributed by atoms with E-state index >= 15 is 0 Å². The third-order valence-corrected chi connectivity index (χ3v) is 2.59. The van der Waals surface area contributed by atoms with Crippen LogP contribution in [-0.4, -0.2) is 11.7 Å². The predicted octanol–water partition coefficient (Wildman–Crippen LogP) is 1.71. The highest BCUT2D eigenvalue weighted by atomic mass is 15.1. The molecule has 70 valence electrons. The summed E-state index contributed by atoms with van der Waals surface area (Å²) in [6, 6.07) is 8.24. The van der Waals surface area contributed by atoms with Gasteiger partial charge in [-0.25, -0.2) is 0 Å². The number of hydrogen-bond donors (Lipinski definition) is 2. The van der Waals surface area contributed by atoms with Crippen molar-refractivity contribution in [1.29, 1.82) is 0 Å². The Balaban J connectivity index is 2.34. The number of nitrogens with zero attached hydrogens (tertiary/aromatic N) is 1. The maximum Gasteiger partial charge on any atom is 0.0706 e. The molecular weight excluding hydrogens is 174 g/mol. The van der Waals surface area contributed by atoms with Gasteiger partial charge in [0.25, 0.3) is 0 Å². The highest BCUT2D eigenvalue weighted by Gasteiger charge is 2.10. The first-order valence-corrected chi connectivity index (χ1v) is 4.76. The van der Waals surface area contributed by atoms with Crippen LogP contribution in [0.15, 0.2) is 30.5 Å². The number of pyridine rings is 1. The number of nitrogens with one attached hydrogen (secondary N) is 2. The van der Waals surface area contributed by atoms with E-state index in [0.717, 1.165) is 24.4 Å². The third-order valence-electron chi connectivity index (χ3n) is 2.59. The summed E-state index contributed by atoms with van der Waals surface area (Å²) >= 11 is 0. The van der Waals surface area contributed by atoms with Gasteiger partial charge in [-0.15, -0.1) is 0 Å². The molecule has 0 bridgehead atoms. The van der Waals surface area contributed by atoms with Crippen molar-refractivity contribution in [3.63, 3.8) is 0 Å². The Kier molecular flexibility index (Phi) is 1.64. The molecule has 0 fully saturated rings. The molecule has 1 aliphatic rings. The van der Waals surface area contributed by atoms with Crippen LogP contribution in [0.4, 0.5) is 5.69 Å². The van der Waals surface area contributed by atoms with Crippen molar-refractivity contribution in [3.05, 3.63) is 36.0 Å². The summed E-state index contributed by atoms with van der Waals surface area (Å²) in [5.41, 5.74) is 3.54. The van der Waals surface area contributed by atoms with Crippen molar-refractivity contribution >= 4 is 16.6 Å². The maximum absolute atomic E-state index is 4.40. The van der Waals surface area contributed by atoms with Crippen molar-refractivity contribution in [2.24, 2.45) is 0 Å². The molecule has 3 rings (SSSR count). The number of para-hydroxylation sites is 1. The van der Waals surface area contributed by atoms with E-state index in [1.165, 1.54) is 10.9 Å². The molecule has 0 aliphatic carbocycles. The average Bonchev–Trinajstić information content (AvgIpc) is 2.29. The van der Waals surface area contributed by atoms with Crippen LogP contribution in [0.5, 0.6) is 0 Å². The van der Waals surface area contributed by atoms with E-state index in [1.807, 2.05) is 18.3 Å². The van der Waals surface area contributed by atoms with Gasteiger partial charge in [0.15, 0.2) is 0 Å². The fourth-order valence-corrected chi connectivity index (χ4v) is 1.89. The highest BCUT2D eigenvalue weighted by Crippen LogP contribution is 2.25. The largest absolute Gasteiger partial charge is 0.371 e. The van der Waals surface area contributed by atoms with Gasteiger partial charge in [0.05, 0.1) is 24.1 Å². The Morgan fingerprint density at radius 1 is 1.21 bits per heavy atom. The second-order valence-electron chi connectivity index (χ2n) is 3.45. The van der Waals surface area contributed by atoms with E-state index in [9.17, 15) is 0 Å². The standard InChI is InChI=1S/C11H11N3/c1-2-4-10-8(3-1)9-5-12-7-14-11(9)6-13-10/h1-4,6,12,14H,5,7H2. The summed E-state index contributed by atoms with van der Waals surface area (Å²) in [5, 5.41) is 7.82. The summed E-state index contributed by atoms with van der Waals surface area (Å²) in [5.74, 6) is 0. The van der Waals surface area contributed by atoms with Crippen LogP contribution in [0.25, 0.3) is 10.9 Å². The lowest BCUT2D eigenvalue weighted by molar-refractivity contribution is 0.712. The fourth-order valence-electron chi connectivity index (χ4n) is 1.89. The fraction of sp³-hybridized carbons (Fsp3) is 0.182. The van der Waals surface area contributed by atoms with Crippen LogP contribution < -0.4 is 10.6 Å². The van der Waals surface area contributed by atoms with Gasteiger partial charge >= 0.3 is 0 Å². The van der Waals surface area contributed by atoms with E-state index in [0.29, 0.717) is 0 Å². The van der Waals surface area contributed by atoms with Crippen LogP contribution >= 0.6 is 0 Å². The molecule has 0 saturated heterocycles.